The van der Waals surface area contributed by atoms with E-state index in [9.17, 15) is 9.59 Å². The maximum Gasteiger partial charge on any atom is 0.335 e. The van der Waals surface area contributed by atoms with Crippen LogP contribution >= 0.6 is 15.9 Å². The number of alkyl halides is 1. The van der Waals surface area contributed by atoms with Gasteiger partial charge in [-0.05, 0) is 23.3 Å². The molecule has 0 fully saturated rings. The van der Waals surface area contributed by atoms with Gasteiger partial charge in [0.2, 0.25) is 0 Å². The van der Waals surface area contributed by atoms with Crippen LogP contribution < -0.4 is 0 Å². The van der Waals surface area contributed by atoms with Crippen LogP contribution in [0.2, 0.25) is 0 Å². The van der Waals surface area contributed by atoms with Crippen molar-refractivity contribution in [3.05, 3.63) is 34.9 Å². The van der Waals surface area contributed by atoms with Gasteiger partial charge in [0.1, 0.15) is 0 Å². The van der Waals surface area contributed by atoms with Crippen LogP contribution in [0.25, 0.3) is 0 Å². The van der Waals surface area contributed by atoms with Crippen LogP contribution in [0.1, 0.15) is 21.5 Å². The van der Waals surface area contributed by atoms with E-state index in [1.54, 1.807) is 6.07 Å². The molecule has 80 valence electrons. The van der Waals surface area contributed by atoms with Crippen molar-refractivity contribution in [1.82, 2.24) is 0 Å². The van der Waals surface area contributed by atoms with Gasteiger partial charge in [0.25, 0.3) is 0 Å². The summed E-state index contributed by atoms with van der Waals surface area (Å²) in [6.07, 6.45) is -0.165. The van der Waals surface area contributed by atoms with Gasteiger partial charge in [0.15, 0.2) is 0 Å². The van der Waals surface area contributed by atoms with E-state index in [2.05, 4.69) is 15.9 Å². The van der Waals surface area contributed by atoms with Crippen molar-refractivity contribution in [2.75, 3.05) is 0 Å². The largest absolute Gasteiger partial charge is 0.481 e. The second-order valence-corrected chi connectivity index (χ2v) is 3.55. The average molecular weight is 273 g/mol. The van der Waals surface area contributed by atoms with E-state index >= 15 is 0 Å². The van der Waals surface area contributed by atoms with E-state index in [-0.39, 0.29) is 12.0 Å². The first-order chi connectivity index (χ1) is 7.04. The predicted octanol–water partition coefficient (Wildman–Crippen LogP) is 1.91. The number of rotatable bonds is 4. The molecule has 0 radical (unpaired) electrons. The van der Waals surface area contributed by atoms with Gasteiger partial charge in [-0.2, -0.15) is 0 Å². The molecule has 0 aromatic heterocycles. The number of aromatic carboxylic acids is 1. The topological polar surface area (TPSA) is 74.6 Å². The average Bonchev–Trinajstić information content (AvgIpc) is 2.16. The number of hydrogen-bond acceptors (Lipinski definition) is 2. The molecule has 4 nitrogen and oxygen atoms in total. The third kappa shape index (κ3) is 3.06. The van der Waals surface area contributed by atoms with E-state index in [1.165, 1.54) is 12.1 Å². The molecule has 1 aromatic rings. The van der Waals surface area contributed by atoms with Gasteiger partial charge in [-0.3, -0.25) is 4.79 Å². The summed E-state index contributed by atoms with van der Waals surface area (Å²) in [5.41, 5.74) is 1.43. The van der Waals surface area contributed by atoms with Gasteiger partial charge in [0, 0.05) is 5.33 Å². The number of aliphatic carboxylic acids is 1. The number of benzene rings is 1. The molecule has 0 amide bonds. The molecular weight excluding hydrogens is 264 g/mol. The first-order valence-electron chi connectivity index (χ1n) is 4.17. The van der Waals surface area contributed by atoms with Crippen molar-refractivity contribution >= 4 is 27.9 Å². The Morgan fingerprint density at radius 1 is 1.20 bits per heavy atom. The van der Waals surface area contributed by atoms with Crippen LogP contribution in [0.5, 0.6) is 0 Å². The van der Waals surface area contributed by atoms with Gasteiger partial charge in [-0.25, -0.2) is 4.79 Å². The fourth-order valence-corrected chi connectivity index (χ4v) is 1.76. The first kappa shape index (κ1) is 11.7. The molecule has 0 aliphatic carbocycles. The molecule has 0 aliphatic rings. The zero-order valence-corrected chi connectivity index (χ0v) is 9.32. The number of hydrogen-bond donors (Lipinski definition) is 2. The molecular formula is C10H9BrO4. The minimum absolute atomic E-state index is 0.107. The fraction of sp³-hybridized carbons (Fsp3) is 0.200. The molecule has 0 aliphatic heterocycles. The van der Waals surface area contributed by atoms with Crippen LogP contribution in [0, 0.1) is 0 Å². The Morgan fingerprint density at radius 3 is 2.33 bits per heavy atom. The lowest BCUT2D eigenvalue weighted by molar-refractivity contribution is -0.136. The van der Waals surface area contributed by atoms with Crippen LogP contribution in [0.15, 0.2) is 18.2 Å². The summed E-state index contributed by atoms with van der Waals surface area (Å²) in [5.74, 6) is -2.03. The minimum Gasteiger partial charge on any atom is -0.481 e. The molecule has 1 aromatic carbocycles. The Morgan fingerprint density at radius 2 is 1.87 bits per heavy atom. The summed E-state index contributed by atoms with van der Waals surface area (Å²) in [6.45, 7) is 0. The quantitative estimate of drug-likeness (QED) is 0.822. The van der Waals surface area contributed by atoms with Crippen molar-refractivity contribution in [2.45, 2.75) is 11.8 Å². The Balaban J connectivity index is 3.12. The molecule has 0 atom stereocenters. The van der Waals surface area contributed by atoms with E-state index in [4.69, 9.17) is 10.2 Å². The predicted molar refractivity (Wildman–Crippen MR) is 57.4 cm³/mol. The summed E-state index contributed by atoms with van der Waals surface area (Å²) in [4.78, 5) is 21.2. The summed E-state index contributed by atoms with van der Waals surface area (Å²) in [6, 6.07) is 4.48. The summed E-state index contributed by atoms with van der Waals surface area (Å²) >= 11 is 3.22. The fourth-order valence-electron chi connectivity index (χ4n) is 1.22. The monoisotopic (exact) mass is 272 g/mol. The van der Waals surface area contributed by atoms with Crippen molar-refractivity contribution in [1.29, 1.82) is 0 Å². The van der Waals surface area contributed by atoms with E-state index < -0.39 is 11.9 Å². The summed E-state index contributed by atoms with van der Waals surface area (Å²) < 4.78 is 0. The second kappa shape index (κ2) is 4.93. The molecule has 2 N–H and O–H groups in total. The van der Waals surface area contributed by atoms with Crippen molar-refractivity contribution in [3.8, 4) is 0 Å². The highest BCUT2D eigenvalue weighted by Crippen LogP contribution is 2.16. The summed E-state index contributed by atoms with van der Waals surface area (Å²) in [5, 5.41) is 17.9. The molecule has 0 saturated heterocycles. The molecule has 0 heterocycles. The highest BCUT2D eigenvalue weighted by molar-refractivity contribution is 9.08. The number of carboxylic acids is 2. The highest BCUT2D eigenvalue weighted by Gasteiger charge is 2.10. The van der Waals surface area contributed by atoms with E-state index in [0.29, 0.717) is 10.9 Å². The molecule has 5 heteroatoms. The molecule has 0 saturated carbocycles. The Labute approximate surface area is 94.7 Å². The van der Waals surface area contributed by atoms with Crippen LogP contribution in [-0.2, 0) is 16.5 Å². The van der Waals surface area contributed by atoms with Crippen LogP contribution in [-0.4, -0.2) is 22.2 Å². The summed E-state index contributed by atoms with van der Waals surface area (Å²) in [7, 11) is 0. The smallest absolute Gasteiger partial charge is 0.335 e. The van der Waals surface area contributed by atoms with Crippen molar-refractivity contribution in [2.24, 2.45) is 0 Å². The minimum atomic E-state index is -1.05. The molecule has 15 heavy (non-hydrogen) atoms. The Hall–Kier alpha value is -1.36. The van der Waals surface area contributed by atoms with Crippen molar-refractivity contribution in [3.63, 3.8) is 0 Å². The van der Waals surface area contributed by atoms with Gasteiger partial charge in [0.05, 0.1) is 12.0 Å². The van der Waals surface area contributed by atoms with Gasteiger partial charge >= 0.3 is 11.9 Å². The Kier molecular flexibility index (Phi) is 3.85. The standard InChI is InChI=1S/C10H9BrO4/c11-5-7-2-1-6(10(14)15)3-8(7)4-9(12)13/h1-3H,4-5H2,(H,12,13)(H,14,15). The van der Waals surface area contributed by atoms with Gasteiger partial charge in [-0.15, -0.1) is 0 Å². The van der Waals surface area contributed by atoms with Gasteiger partial charge in [-0.1, -0.05) is 22.0 Å². The second-order valence-electron chi connectivity index (χ2n) is 2.99. The zero-order valence-electron chi connectivity index (χ0n) is 7.74. The lowest BCUT2D eigenvalue weighted by Gasteiger charge is -2.05. The maximum absolute atomic E-state index is 10.7. The van der Waals surface area contributed by atoms with Crippen LogP contribution in [0.3, 0.4) is 0 Å². The zero-order chi connectivity index (χ0) is 11.4. The first-order valence-corrected chi connectivity index (χ1v) is 5.29. The third-order valence-corrected chi connectivity index (χ3v) is 2.54. The van der Waals surface area contributed by atoms with E-state index in [1.807, 2.05) is 0 Å². The third-order valence-electron chi connectivity index (χ3n) is 1.94. The molecule has 0 bridgehead atoms. The number of carboxylic acid groups (broad SMARTS) is 2. The maximum atomic E-state index is 10.7. The molecule has 1 rings (SSSR count). The number of carbonyl (C=O) groups is 2. The van der Waals surface area contributed by atoms with E-state index in [0.717, 1.165) is 5.56 Å². The Bertz CT molecular complexity index is 400. The number of halogens is 1. The SMILES string of the molecule is O=C(O)Cc1cc(C(=O)O)ccc1CBr. The molecule has 0 spiro atoms. The van der Waals surface area contributed by atoms with Gasteiger partial charge < -0.3 is 10.2 Å². The lowest BCUT2D eigenvalue weighted by Crippen LogP contribution is -2.05. The highest BCUT2D eigenvalue weighted by atomic mass is 79.9. The van der Waals surface area contributed by atoms with Crippen molar-refractivity contribution < 1.29 is 19.8 Å². The van der Waals surface area contributed by atoms with Crippen LogP contribution in [0.4, 0.5) is 0 Å². The lowest BCUT2D eigenvalue weighted by atomic mass is 10.0. The normalized spacial score (nSPS) is 9.93. The molecule has 0 unspecified atom stereocenters.